The predicted molar refractivity (Wildman–Crippen MR) is 81.3 cm³/mol. The van der Waals surface area contributed by atoms with Crippen LogP contribution in [0.5, 0.6) is 0 Å². The van der Waals surface area contributed by atoms with E-state index in [0.29, 0.717) is 30.9 Å². The van der Waals surface area contributed by atoms with Crippen LogP contribution >= 0.6 is 0 Å². The van der Waals surface area contributed by atoms with Gasteiger partial charge in [0.15, 0.2) is 0 Å². The minimum atomic E-state index is -0.136. The highest BCUT2D eigenvalue weighted by Gasteiger charge is 2.17. The highest BCUT2D eigenvalue weighted by molar-refractivity contribution is 5.94. The van der Waals surface area contributed by atoms with Gasteiger partial charge in [0.2, 0.25) is 11.8 Å². The first kappa shape index (κ1) is 15.5. The minimum absolute atomic E-state index is 0.0842. The quantitative estimate of drug-likeness (QED) is 0.780. The van der Waals surface area contributed by atoms with E-state index in [9.17, 15) is 9.59 Å². The van der Waals surface area contributed by atoms with Crippen molar-refractivity contribution in [3.63, 3.8) is 0 Å². The Labute approximate surface area is 124 Å². The highest BCUT2D eigenvalue weighted by atomic mass is 16.5. The molecule has 114 valence electrons. The Morgan fingerprint density at radius 1 is 1.38 bits per heavy atom. The van der Waals surface area contributed by atoms with Gasteiger partial charge in [-0.1, -0.05) is 6.07 Å². The third-order valence-corrected chi connectivity index (χ3v) is 3.25. The summed E-state index contributed by atoms with van der Waals surface area (Å²) in [5, 5.41) is 8.76. The van der Waals surface area contributed by atoms with Crippen molar-refractivity contribution in [1.82, 2.24) is 5.32 Å². The molecule has 0 aromatic heterocycles. The molecule has 1 aliphatic heterocycles. The second kappa shape index (κ2) is 7.19. The molecule has 0 bridgehead atoms. The Hall–Kier alpha value is -1.92. The number of aryl methyl sites for hydroxylation is 1. The summed E-state index contributed by atoms with van der Waals surface area (Å²) in [6.07, 6.45) is 0.232. The van der Waals surface area contributed by atoms with Crippen LogP contribution in [0.3, 0.4) is 0 Å². The average Bonchev–Trinajstić information content (AvgIpc) is 2.43. The lowest BCUT2D eigenvalue weighted by Gasteiger charge is -2.23. The monoisotopic (exact) mass is 291 g/mol. The Kier molecular flexibility index (Phi) is 5.30. The molecule has 6 heteroatoms. The molecule has 0 aliphatic carbocycles. The third-order valence-electron chi connectivity index (χ3n) is 3.25. The topological polar surface area (TPSA) is 79.5 Å². The molecule has 0 spiro atoms. The fourth-order valence-electron chi connectivity index (χ4n) is 2.19. The van der Waals surface area contributed by atoms with Gasteiger partial charge < -0.3 is 20.7 Å². The summed E-state index contributed by atoms with van der Waals surface area (Å²) in [5.74, 6) is -0.232. The SMILES string of the molecule is CC(=O)Nc1cc(NC(=O)CC2CNCCO2)ccc1C. The summed E-state index contributed by atoms with van der Waals surface area (Å²) < 4.78 is 5.50. The number of hydrogen-bond acceptors (Lipinski definition) is 4. The molecule has 1 aromatic carbocycles. The maximum atomic E-state index is 12.0. The number of amides is 2. The van der Waals surface area contributed by atoms with Crippen LogP contribution in [0, 0.1) is 6.92 Å². The largest absolute Gasteiger partial charge is 0.375 e. The van der Waals surface area contributed by atoms with Gasteiger partial charge in [-0.2, -0.15) is 0 Å². The molecule has 21 heavy (non-hydrogen) atoms. The van der Waals surface area contributed by atoms with Crippen LogP contribution in [0.25, 0.3) is 0 Å². The standard InChI is InChI=1S/C15H21N3O3/c1-10-3-4-12(7-14(10)17-11(2)19)18-15(20)8-13-9-16-5-6-21-13/h3-4,7,13,16H,5-6,8-9H2,1-2H3,(H,17,19)(H,18,20). The Bertz CT molecular complexity index is 525. The Morgan fingerprint density at radius 2 is 2.19 bits per heavy atom. The maximum Gasteiger partial charge on any atom is 0.227 e. The molecule has 1 heterocycles. The van der Waals surface area contributed by atoms with Gasteiger partial charge in [-0.3, -0.25) is 9.59 Å². The van der Waals surface area contributed by atoms with Crippen LogP contribution in [0.4, 0.5) is 11.4 Å². The summed E-state index contributed by atoms with van der Waals surface area (Å²) in [6, 6.07) is 5.44. The van der Waals surface area contributed by atoms with Crippen LogP contribution < -0.4 is 16.0 Å². The number of morpholine rings is 1. The summed E-state index contributed by atoms with van der Waals surface area (Å²) in [4.78, 5) is 23.1. The number of benzene rings is 1. The molecule has 0 saturated carbocycles. The highest BCUT2D eigenvalue weighted by Crippen LogP contribution is 2.20. The lowest BCUT2D eigenvalue weighted by molar-refractivity contribution is -0.119. The van der Waals surface area contributed by atoms with Gasteiger partial charge in [0, 0.05) is 31.4 Å². The lowest BCUT2D eigenvalue weighted by atomic mass is 10.1. The number of ether oxygens (including phenoxy) is 1. The van der Waals surface area contributed by atoms with E-state index in [1.54, 1.807) is 6.07 Å². The predicted octanol–water partition coefficient (Wildman–Crippen LogP) is 1.27. The van der Waals surface area contributed by atoms with E-state index >= 15 is 0 Å². The summed E-state index contributed by atoms with van der Waals surface area (Å²) in [5.41, 5.74) is 2.32. The van der Waals surface area contributed by atoms with Crippen LogP contribution in [0.1, 0.15) is 18.9 Å². The maximum absolute atomic E-state index is 12.0. The van der Waals surface area contributed by atoms with Crippen molar-refractivity contribution in [2.24, 2.45) is 0 Å². The zero-order chi connectivity index (χ0) is 15.2. The van der Waals surface area contributed by atoms with E-state index in [-0.39, 0.29) is 17.9 Å². The van der Waals surface area contributed by atoms with Crippen LogP contribution in [-0.2, 0) is 14.3 Å². The molecule has 2 rings (SSSR count). The Morgan fingerprint density at radius 3 is 2.86 bits per heavy atom. The third kappa shape index (κ3) is 4.84. The summed E-state index contributed by atoms with van der Waals surface area (Å²) >= 11 is 0. The van der Waals surface area contributed by atoms with Gasteiger partial charge in [0.25, 0.3) is 0 Å². The molecule has 1 fully saturated rings. The van der Waals surface area contributed by atoms with Gasteiger partial charge in [-0.15, -0.1) is 0 Å². The fraction of sp³-hybridized carbons (Fsp3) is 0.467. The first-order chi connectivity index (χ1) is 10.0. The van der Waals surface area contributed by atoms with E-state index in [4.69, 9.17) is 4.74 Å². The molecule has 3 N–H and O–H groups in total. The number of carbonyl (C=O) groups excluding carboxylic acids is 2. The van der Waals surface area contributed by atoms with Crippen molar-refractivity contribution in [2.75, 3.05) is 30.3 Å². The van der Waals surface area contributed by atoms with Crippen molar-refractivity contribution in [3.8, 4) is 0 Å². The van der Waals surface area contributed by atoms with Crippen LogP contribution in [0.15, 0.2) is 18.2 Å². The Balaban J connectivity index is 1.95. The van der Waals surface area contributed by atoms with Gasteiger partial charge in [-0.05, 0) is 24.6 Å². The molecule has 1 aromatic rings. The van der Waals surface area contributed by atoms with E-state index < -0.39 is 0 Å². The summed E-state index contributed by atoms with van der Waals surface area (Å²) in [6.45, 7) is 5.51. The van der Waals surface area contributed by atoms with Crippen molar-refractivity contribution >= 4 is 23.2 Å². The van der Waals surface area contributed by atoms with Gasteiger partial charge in [0.1, 0.15) is 0 Å². The molecule has 1 saturated heterocycles. The molecular weight excluding hydrogens is 270 g/mol. The first-order valence-electron chi connectivity index (χ1n) is 7.05. The second-order valence-electron chi connectivity index (χ2n) is 5.16. The summed E-state index contributed by atoms with van der Waals surface area (Å²) in [7, 11) is 0. The van der Waals surface area contributed by atoms with Crippen molar-refractivity contribution in [3.05, 3.63) is 23.8 Å². The van der Waals surface area contributed by atoms with E-state index in [0.717, 1.165) is 12.1 Å². The van der Waals surface area contributed by atoms with E-state index in [1.165, 1.54) is 6.92 Å². The molecule has 1 atom stereocenters. The van der Waals surface area contributed by atoms with E-state index in [1.807, 2.05) is 19.1 Å². The smallest absolute Gasteiger partial charge is 0.227 e. The number of rotatable bonds is 4. The zero-order valence-electron chi connectivity index (χ0n) is 12.4. The molecule has 6 nitrogen and oxygen atoms in total. The van der Waals surface area contributed by atoms with Crippen LogP contribution in [-0.4, -0.2) is 37.6 Å². The minimum Gasteiger partial charge on any atom is -0.375 e. The number of carbonyl (C=O) groups is 2. The zero-order valence-corrected chi connectivity index (χ0v) is 12.4. The number of nitrogens with one attached hydrogen (secondary N) is 3. The molecule has 2 amide bonds. The number of anilines is 2. The molecule has 0 radical (unpaired) electrons. The molecular formula is C15H21N3O3. The second-order valence-corrected chi connectivity index (χ2v) is 5.16. The molecule has 1 unspecified atom stereocenters. The first-order valence-corrected chi connectivity index (χ1v) is 7.05. The van der Waals surface area contributed by atoms with Crippen molar-refractivity contribution < 1.29 is 14.3 Å². The van der Waals surface area contributed by atoms with Gasteiger partial charge in [0.05, 0.1) is 19.1 Å². The fourth-order valence-corrected chi connectivity index (χ4v) is 2.19. The van der Waals surface area contributed by atoms with Crippen LogP contribution in [0.2, 0.25) is 0 Å². The molecule has 1 aliphatic rings. The average molecular weight is 291 g/mol. The van der Waals surface area contributed by atoms with Gasteiger partial charge in [-0.25, -0.2) is 0 Å². The van der Waals surface area contributed by atoms with Gasteiger partial charge >= 0.3 is 0 Å². The van der Waals surface area contributed by atoms with Crippen molar-refractivity contribution in [2.45, 2.75) is 26.4 Å². The lowest BCUT2D eigenvalue weighted by Crippen LogP contribution is -2.40. The number of hydrogen-bond donors (Lipinski definition) is 3. The van der Waals surface area contributed by atoms with E-state index in [2.05, 4.69) is 16.0 Å². The van der Waals surface area contributed by atoms with Crippen molar-refractivity contribution in [1.29, 1.82) is 0 Å². The normalized spacial score (nSPS) is 18.1.